The zero-order valence-electron chi connectivity index (χ0n) is 30.8. The number of nitrogens with two attached hydrogens (primary N) is 1. The SMILES string of the molecule is C.CCCCCCCC(=O)N[C@H](CN1CCCC1)[C@H](O)c1ccc2c(c1)OCCO2.ClCCl.N[C@H](CN1CCCC1)[C@H](O)c1ccc2c(c1)OCCO2. The maximum atomic E-state index is 12.5. The van der Waals surface area contributed by atoms with Crippen LogP contribution >= 0.6 is 23.2 Å². The number of nitrogens with one attached hydrogen (secondary N) is 1. The van der Waals surface area contributed by atoms with E-state index in [4.69, 9.17) is 47.9 Å². The summed E-state index contributed by atoms with van der Waals surface area (Å²) in [6.45, 7) is 9.98. The number of nitrogens with zero attached hydrogens (tertiary/aromatic N) is 2. The van der Waals surface area contributed by atoms with Crippen molar-refractivity contribution in [2.75, 3.05) is 71.0 Å². The van der Waals surface area contributed by atoms with Gasteiger partial charge in [0.25, 0.3) is 0 Å². The molecule has 4 heterocycles. The summed E-state index contributed by atoms with van der Waals surface area (Å²) >= 11 is 9.53. The summed E-state index contributed by atoms with van der Waals surface area (Å²) in [6, 6.07) is 10.5. The first-order valence-corrected chi connectivity index (χ1v) is 20.2. The smallest absolute Gasteiger partial charge is 0.220 e. The van der Waals surface area contributed by atoms with Gasteiger partial charge in [0.15, 0.2) is 23.0 Å². The average Bonchev–Trinajstić information content (AvgIpc) is 3.89. The lowest BCUT2D eigenvalue weighted by atomic mass is 10.0. The summed E-state index contributed by atoms with van der Waals surface area (Å²) in [6.07, 6.45) is 9.48. The van der Waals surface area contributed by atoms with Gasteiger partial charge in [-0.1, -0.05) is 52.2 Å². The van der Waals surface area contributed by atoms with Gasteiger partial charge in [-0.25, -0.2) is 0 Å². The van der Waals surface area contributed by atoms with Crippen LogP contribution in [0.4, 0.5) is 0 Å². The van der Waals surface area contributed by atoms with Crippen LogP contribution in [0.15, 0.2) is 36.4 Å². The predicted octanol–water partition coefficient (Wildman–Crippen LogP) is 6.40. The fourth-order valence-corrected chi connectivity index (χ4v) is 6.97. The van der Waals surface area contributed by atoms with Crippen LogP contribution in [0.2, 0.25) is 0 Å². The van der Waals surface area contributed by atoms with Crippen LogP contribution in [0.1, 0.15) is 102 Å². The number of carbonyl (C=O) groups excluding carboxylic acids is 1. The normalized spacial score (nSPS) is 18.6. The first-order valence-electron chi connectivity index (χ1n) is 19.1. The van der Waals surface area contributed by atoms with E-state index in [0.29, 0.717) is 56.6 Å². The molecule has 11 nitrogen and oxygen atoms in total. The molecule has 0 radical (unpaired) electrons. The highest BCUT2D eigenvalue weighted by Crippen LogP contribution is 2.35. The van der Waals surface area contributed by atoms with Crippen LogP contribution in [0, 0.1) is 0 Å². The third-order valence-corrected chi connectivity index (χ3v) is 9.78. The molecule has 0 unspecified atom stereocenters. The van der Waals surface area contributed by atoms with Gasteiger partial charge in [-0.2, -0.15) is 0 Å². The van der Waals surface area contributed by atoms with Crippen molar-refractivity contribution >= 4 is 29.1 Å². The Morgan fingerprint density at radius 2 is 1.19 bits per heavy atom. The van der Waals surface area contributed by atoms with Crippen LogP contribution in [-0.4, -0.2) is 109 Å². The number of alkyl halides is 2. The number of benzene rings is 2. The van der Waals surface area contributed by atoms with Crippen LogP contribution in [0.5, 0.6) is 23.0 Å². The zero-order chi connectivity index (χ0) is 37.1. The Morgan fingerprint density at radius 1 is 0.736 bits per heavy atom. The molecule has 5 N–H and O–H groups in total. The molecule has 0 bridgehead atoms. The van der Waals surface area contributed by atoms with Gasteiger partial charge in [0.2, 0.25) is 5.91 Å². The molecule has 2 fully saturated rings. The Labute approximate surface area is 327 Å². The van der Waals surface area contributed by atoms with Gasteiger partial charge in [-0.15, -0.1) is 23.2 Å². The number of amides is 1. The molecule has 2 saturated heterocycles. The molecule has 53 heavy (non-hydrogen) atoms. The number of rotatable bonds is 15. The first-order chi connectivity index (χ1) is 25.3. The van der Waals surface area contributed by atoms with Crippen molar-refractivity contribution in [2.45, 2.75) is 103 Å². The minimum absolute atomic E-state index is 0. The lowest BCUT2D eigenvalue weighted by Crippen LogP contribution is -2.46. The third-order valence-electron chi connectivity index (χ3n) is 9.78. The van der Waals surface area contributed by atoms with E-state index in [2.05, 4.69) is 22.0 Å². The van der Waals surface area contributed by atoms with E-state index in [1.807, 2.05) is 36.4 Å². The molecule has 4 aliphatic heterocycles. The molecule has 0 aliphatic carbocycles. The van der Waals surface area contributed by atoms with Crippen molar-refractivity contribution in [1.82, 2.24) is 15.1 Å². The third kappa shape index (κ3) is 14.9. The van der Waals surface area contributed by atoms with E-state index in [1.165, 1.54) is 44.9 Å². The Balaban J connectivity index is 0.000000275. The van der Waals surface area contributed by atoms with Gasteiger partial charge in [0, 0.05) is 25.6 Å². The largest absolute Gasteiger partial charge is 0.486 e. The van der Waals surface area contributed by atoms with Crippen LogP contribution in [0.3, 0.4) is 0 Å². The van der Waals surface area contributed by atoms with Crippen LogP contribution in [0.25, 0.3) is 0 Å². The number of unbranched alkanes of at least 4 members (excludes halogenated alkanes) is 4. The van der Waals surface area contributed by atoms with Crippen molar-refractivity contribution in [2.24, 2.45) is 5.73 Å². The fourth-order valence-electron chi connectivity index (χ4n) is 6.97. The molecule has 6 rings (SSSR count). The molecular formula is C40H64Cl2N4O7. The molecule has 300 valence electrons. The van der Waals surface area contributed by atoms with E-state index in [-0.39, 0.29) is 30.8 Å². The molecule has 0 saturated carbocycles. The van der Waals surface area contributed by atoms with E-state index in [0.717, 1.165) is 62.4 Å². The molecule has 4 atom stereocenters. The number of aliphatic hydroxyl groups excluding tert-OH is 2. The quantitative estimate of drug-likeness (QED) is 0.119. The maximum absolute atomic E-state index is 12.5. The van der Waals surface area contributed by atoms with Crippen LogP contribution in [-0.2, 0) is 4.79 Å². The number of hydrogen-bond acceptors (Lipinski definition) is 10. The van der Waals surface area contributed by atoms with Crippen LogP contribution < -0.4 is 30.0 Å². The van der Waals surface area contributed by atoms with E-state index in [9.17, 15) is 15.0 Å². The van der Waals surface area contributed by atoms with Crippen molar-refractivity contribution in [3.63, 3.8) is 0 Å². The Morgan fingerprint density at radius 3 is 1.70 bits per heavy atom. The Bertz CT molecular complexity index is 1330. The number of fused-ring (bicyclic) bond motifs is 2. The number of halogens is 2. The Hall–Kier alpha value is -2.51. The summed E-state index contributed by atoms with van der Waals surface area (Å²) in [5.74, 6) is 2.83. The summed E-state index contributed by atoms with van der Waals surface area (Å²) in [4.78, 5) is 17.2. The number of hydrogen-bond donors (Lipinski definition) is 4. The second-order valence-electron chi connectivity index (χ2n) is 13.8. The summed E-state index contributed by atoms with van der Waals surface area (Å²) < 4.78 is 22.3. The summed E-state index contributed by atoms with van der Waals surface area (Å²) in [7, 11) is 0. The van der Waals surface area contributed by atoms with Gasteiger partial charge in [0.1, 0.15) is 32.5 Å². The van der Waals surface area contributed by atoms with E-state index >= 15 is 0 Å². The highest BCUT2D eigenvalue weighted by molar-refractivity contribution is 6.40. The standard InChI is InChI=1S/C23H36N2O4.C15H22N2O3.CH2Cl2.CH4/c1-2-3-4-5-6-9-22(26)24-19(17-25-12-7-8-13-25)23(27)18-10-11-20-21(16-18)29-15-14-28-20;16-12(10-17-5-1-2-6-17)15(18)11-3-4-13-14(9-11)20-8-7-19-13;2-1-3;/h10-11,16,19,23,27H,2-9,12-15,17H2,1H3,(H,24,26);3-4,9,12,15,18H,1-2,5-8,10,16H2;1H2;1H4/t19-,23-;12-,15-;;/m11../s1. The zero-order valence-corrected chi connectivity index (χ0v) is 32.3. The minimum Gasteiger partial charge on any atom is -0.486 e. The molecule has 13 heteroatoms. The lowest BCUT2D eigenvalue weighted by molar-refractivity contribution is -0.123. The lowest BCUT2D eigenvalue weighted by Gasteiger charge is -2.29. The monoisotopic (exact) mass is 782 g/mol. The molecule has 4 aliphatic rings. The predicted molar refractivity (Wildman–Crippen MR) is 213 cm³/mol. The number of carbonyl (C=O) groups is 1. The average molecular weight is 784 g/mol. The van der Waals surface area contributed by atoms with Crippen molar-refractivity contribution in [3.05, 3.63) is 47.5 Å². The summed E-state index contributed by atoms with van der Waals surface area (Å²) in [5.41, 5.74) is 7.69. The van der Waals surface area contributed by atoms with Gasteiger partial charge in [0.05, 0.1) is 17.5 Å². The highest BCUT2D eigenvalue weighted by Gasteiger charge is 2.28. The number of aliphatic hydroxyl groups is 2. The van der Waals surface area contributed by atoms with E-state index in [1.54, 1.807) is 0 Å². The van der Waals surface area contributed by atoms with Gasteiger partial charge in [-0.3, -0.25) is 4.79 Å². The van der Waals surface area contributed by atoms with E-state index < -0.39 is 12.2 Å². The maximum Gasteiger partial charge on any atom is 0.220 e. The van der Waals surface area contributed by atoms with Gasteiger partial charge in [-0.05, 0) is 93.7 Å². The molecular weight excluding hydrogens is 719 g/mol. The van der Waals surface area contributed by atoms with Gasteiger partial charge < -0.3 is 50.0 Å². The Kier molecular flexibility index (Phi) is 21.0. The first kappa shape index (κ1) is 44.9. The number of likely N-dealkylation sites (tertiary alicyclic amines) is 2. The minimum atomic E-state index is -0.782. The second-order valence-corrected chi connectivity index (χ2v) is 14.6. The van der Waals surface area contributed by atoms with Crippen molar-refractivity contribution < 1.29 is 34.0 Å². The molecule has 0 aromatic heterocycles. The van der Waals surface area contributed by atoms with Crippen molar-refractivity contribution in [1.29, 1.82) is 0 Å². The second kappa shape index (κ2) is 24.8. The fraction of sp³-hybridized carbons (Fsp3) is 0.675. The molecule has 0 spiro atoms. The van der Waals surface area contributed by atoms with Crippen molar-refractivity contribution in [3.8, 4) is 23.0 Å². The van der Waals surface area contributed by atoms with Gasteiger partial charge >= 0.3 is 0 Å². The highest BCUT2D eigenvalue weighted by atomic mass is 35.5. The molecule has 2 aromatic carbocycles. The number of ether oxygens (including phenoxy) is 4. The summed E-state index contributed by atoms with van der Waals surface area (Å²) in [5, 5.41) is 24.8. The topological polar surface area (TPSA) is 139 Å². The molecule has 2 aromatic rings. The molecule has 1 amide bonds.